The highest BCUT2D eigenvalue weighted by Gasteiger charge is 2.23. The molecule has 1 heterocycles. The van der Waals surface area contributed by atoms with Crippen LogP contribution in [0.2, 0.25) is 0 Å². The molecule has 1 N–H and O–H groups in total. The SMILES string of the molecule is CSC1N(C)C=C[NH+]1C.[I-]. The molecular formula is C6H13IN2S. The van der Waals surface area contributed by atoms with Gasteiger partial charge in [-0.25, -0.2) is 0 Å². The predicted molar refractivity (Wildman–Crippen MR) is 41.1 cm³/mol. The first kappa shape index (κ1) is 10.6. The Balaban J connectivity index is 0.000000810. The van der Waals surface area contributed by atoms with E-state index < -0.39 is 0 Å². The first-order valence-electron chi connectivity index (χ1n) is 3.02. The number of hydrogen-bond acceptors (Lipinski definition) is 2. The van der Waals surface area contributed by atoms with E-state index in [0.29, 0.717) is 5.50 Å². The van der Waals surface area contributed by atoms with Gasteiger partial charge in [0.15, 0.2) is 0 Å². The Morgan fingerprint density at radius 1 is 1.60 bits per heavy atom. The molecule has 2 atom stereocenters. The molecule has 10 heavy (non-hydrogen) atoms. The fourth-order valence-corrected chi connectivity index (χ4v) is 1.92. The minimum Gasteiger partial charge on any atom is -1.00 e. The van der Waals surface area contributed by atoms with Gasteiger partial charge in [-0.2, -0.15) is 0 Å². The van der Waals surface area contributed by atoms with Crippen LogP contribution in [0.15, 0.2) is 12.4 Å². The highest BCUT2D eigenvalue weighted by Crippen LogP contribution is 2.06. The van der Waals surface area contributed by atoms with E-state index in [4.69, 9.17) is 0 Å². The molecule has 2 unspecified atom stereocenters. The summed E-state index contributed by atoms with van der Waals surface area (Å²) in [4.78, 5) is 3.67. The number of quaternary nitrogens is 1. The van der Waals surface area contributed by atoms with Gasteiger partial charge in [-0.3, -0.25) is 4.90 Å². The molecule has 0 amide bonds. The van der Waals surface area contributed by atoms with Crippen LogP contribution in [-0.4, -0.2) is 30.7 Å². The maximum Gasteiger partial charge on any atom is 0.215 e. The van der Waals surface area contributed by atoms with Crippen LogP contribution in [0.5, 0.6) is 0 Å². The minimum absolute atomic E-state index is 0. The summed E-state index contributed by atoms with van der Waals surface area (Å²) in [5.74, 6) is 0. The number of rotatable bonds is 1. The van der Waals surface area contributed by atoms with Crippen molar-refractivity contribution in [3.63, 3.8) is 0 Å². The molecule has 4 heteroatoms. The number of thioether (sulfide) groups is 1. The number of halogens is 1. The molecule has 1 aliphatic rings. The Labute approximate surface area is 83.7 Å². The van der Waals surface area contributed by atoms with E-state index in [1.54, 1.807) is 0 Å². The van der Waals surface area contributed by atoms with Crippen LogP contribution >= 0.6 is 11.8 Å². The Morgan fingerprint density at radius 2 is 2.20 bits per heavy atom. The average molecular weight is 272 g/mol. The molecule has 0 aliphatic carbocycles. The van der Waals surface area contributed by atoms with E-state index in [9.17, 15) is 0 Å². The van der Waals surface area contributed by atoms with Crippen molar-refractivity contribution in [1.29, 1.82) is 0 Å². The van der Waals surface area contributed by atoms with Gasteiger partial charge in [0, 0.05) is 7.05 Å². The summed E-state index contributed by atoms with van der Waals surface area (Å²) in [5.41, 5.74) is 0.588. The van der Waals surface area contributed by atoms with Crippen molar-refractivity contribution in [1.82, 2.24) is 4.90 Å². The van der Waals surface area contributed by atoms with Crippen molar-refractivity contribution in [2.24, 2.45) is 0 Å². The first-order valence-corrected chi connectivity index (χ1v) is 4.31. The van der Waals surface area contributed by atoms with Gasteiger partial charge in [-0.15, -0.1) is 0 Å². The second-order valence-electron chi connectivity index (χ2n) is 2.31. The van der Waals surface area contributed by atoms with Gasteiger partial charge in [-0.1, -0.05) is 11.8 Å². The van der Waals surface area contributed by atoms with E-state index in [1.807, 2.05) is 11.8 Å². The highest BCUT2D eigenvalue weighted by atomic mass is 127. The molecule has 0 aromatic rings. The quantitative estimate of drug-likeness (QED) is 0.497. The van der Waals surface area contributed by atoms with Gasteiger partial charge in [-0.05, 0) is 6.26 Å². The number of nitrogens with zero attached hydrogens (tertiary/aromatic N) is 1. The van der Waals surface area contributed by atoms with Crippen molar-refractivity contribution >= 4 is 11.8 Å². The largest absolute Gasteiger partial charge is 1.00 e. The summed E-state index contributed by atoms with van der Waals surface area (Å²) >= 11 is 1.87. The maximum absolute atomic E-state index is 2.22. The van der Waals surface area contributed by atoms with E-state index >= 15 is 0 Å². The topological polar surface area (TPSA) is 7.68 Å². The first-order chi connectivity index (χ1) is 4.25. The molecule has 0 spiro atoms. The van der Waals surface area contributed by atoms with Crippen LogP contribution in [0.3, 0.4) is 0 Å². The molecular weight excluding hydrogens is 259 g/mol. The van der Waals surface area contributed by atoms with E-state index in [0.717, 1.165) is 0 Å². The molecule has 0 fully saturated rings. The Hall–Kier alpha value is 0.580. The zero-order valence-corrected chi connectivity index (χ0v) is 9.44. The monoisotopic (exact) mass is 272 g/mol. The molecule has 0 saturated heterocycles. The summed E-state index contributed by atoms with van der Waals surface area (Å²) < 4.78 is 0. The van der Waals surface area contributed by atoms with Crippen LogP contribution in [0.25, 0.3) is 0 Å². The van der Waals surface area contributed by atoms with Crippen molar-refractivity contribution in [2.75, 3.05) is 20.4 Å². The number of nitrogens with one attached hydrogen (secondary N) is 1. The smallest absolute Gasteiger partial charge is 0.215 e. The molecule has 0 aromatic heterocycles. The van der Waals surface area contributed by atoms with Gasteiger partial charge in [0.1, 0.15) is 6.20 Å². The number of hydrogen-bond donors (Lipinski definition) is 1. The maximum atomic E-state index is 2.22. The molecule has 60 valence electrons. The van der Waals surface area contributed by atoms with E-state index in [-0.39, 0.29) is 24.0 Å². The van der Waals surface area contributed by atoms with Crippen molar-refractivity contribution in [2.45, 2.75) is 5.50 Å². The third kappa shape index (κ3) is 2.03. The zero-order valence-electron chi connectivity index (χ0n) is 6.47. The fourth-order valence-electron chi connectivity index (χ4n) is 1.07. The normalized spacial score (nSPS) is 30.5. The highest BCUT2D eigenvalue weighted by molar-refractivity contribution is 7.98. The molecule has 2 nitrogen and oxygen atoms in total. The molecule has 0 aromatic carbocycles. The Morgan fingerprint density at radius 3 is 2.40 bits per heavy atom. The van der Waals surface area contributed by atoms with Crippen LogP contribution in [0.1, 0.15) is 0 Å². The van der Waals surface area contributed by atoms with Crippen LogP contribution < -0.4 is 28.9 Å². The molecule has 1 aliphatic heterocycles. The lowest BCUT2D eigenvalue weighted by Crippen LogP contribution is -3.07. The molecule has 1 rings (SSSR count). The van der Waals surface area contributed by atoms with Gasteiger partial charge in [0.05, 0.1) is 13.2 Å². The lowest BCUT2D eigenvalue weighted by atomic mass is 10.8. The van der Waals surface area contributed by atoms with Crippen molar-refractivity contribution in [3.05, 3.63) is 12.4 Å². The van der Waals surface area contributed by atoms with Gasteiger partial charge >= 0.3 is 0 Å². The summed E-state index contributed by atoms with van der Waals surface area (Å²) in [7, 11) is 4.27. The Bertz CT molecular complexity index is 117. The average Bonchev–Trinajstić information content (AvgIpc) is 2.12. The third-order valence-corrected chi connectivity index (χ3v) is 2.71. The fraction of sp³-hybridized carbons (Fsp3) is 0.667. The summed E-state index contributed by atoms with van der Waals surface area (Å²) in [6, 6.07) is 0. The minimum atomic E-state index is 0. The summed E-state index contributed by atoms with van der Waals surface area (Å²) in [6.07, 6.45) is 6.43. The molecule has 0 saturated carbocycles. The lowest BCUT2D eigenvalue weighted by Gasteiger charge is -2.19. The molecule has 0 radical (unpaired) electrons. The summed E-state index contributed by atoms with van der Waals surface area (Å²) in [6.45, 7) is 0. The van der Waals surface area contributed by atoms with Crippen molar-refractivity contribution in [3.8, 4) is 0 Å². The van der Waals surface area contributed by atoms with Gasteiger partial charge in [0.2, 0.25) is 5.50 Å². The second kappa shape index (κ2) is 4.46. The van der Waals surface area contributed by atoms with E-state index in [2.05, 4.69) is 37.7 Å². The van der Waals surface area contributed by atoms with E-state index in [1.165, 1.54) is 4.90 Å². The van der Waals surface area contributed by atoms with Crippen LogP contribution in [-0.2, 0) is 0 Å². The standard InChI is InChI=1S/C6H12N2S.HI/c1-7-4-5-8(2)6(7)9-3;/h4-6H,1-3H3;1H. The lowest BCUT2D eigenvalue weighted by molar-refractivity contribution is -0.838. The van der Waals surface area contributed by atoms with Gasteiger partial charge in [0.25, 0.3) is 0 Å². The second-order valence-corrected chi connectivity index (χ2v) is 3.23. The zero-order chi connectivity index (χ0) is 6.85. The predicted octanol–water partition coefficient (Wildman–Crippen LogP) is -3.43. The van der Waals surface area contributed by atoms with Crippen LogP contribution in [0, 0.1) is 0 Å². The molecule has 0 bridgehead atoms. The third-order valence-electron chi connectivity index (χ3n) is 1.56. The van der Waals surface area contributed by atoms with Gasteiger partial charge < -0.3 is 28.9 Å². The Kier molecular flexibility index (Phi) is 4.71. The summed E-state index contributed by atoms with van der Waals surface area (Å²) in [5, 5.41) is 0. The van der Waals surface area contributed by atoms with Crippen molar-refractivity contribution < 1.29 is 28.9 Å². The van der Waals surface area contributed by atoms with Crippen LogP contribution in [0.4, 0.5) is 0 Å².